The Balaban J connectivity index is 2.17. The Hall–Kier alpha value is -1.68. The van der Waals surface area contributed by atoms with Crippen LogP contribution in [0.1, 0.15) is 17.4 Å². The van der Waals surface area contributed by atoms with Gasteiger partial charge in [-0.05, 0) is 35.9 Å². The van der Waals surface area contributed by atoms with Crippen LogP contribution in [0.5, 0.6) is 0 Å². The summed E-state index contributed by atoms with van der Waals surface area (Å²) in [4.78, 5) is 0. The maximum atomic E-state index is 13.3. The molecule has 1 aromatic heterocycles. The van der Waals surface area contributed by atoms with Gasteiger partial charge in [-0.3, -0.25) is 0 Å². The summed E-state index contributed by atoms with van der Waals surface area (Å²) in [6, 6.07) is 6.36. The van der Waals surface area contributed by atoms with E-state index in [0.717, 1.165) is 18.2 Å². The number of rotatable bonds is 3. The zero-order valence-corrected chi connectivity index (χ0v) is 8.36. The third-order valence-corrected chi connectivity index (χ3v) is 2.29. The van der Waals surface area contributed by atoms with Gasteiger partial charge < -0.3 is 9.52 Å². The highest BCUT2D eigenvalue weighted by Gasteiger charge is 2.14. The first-order valence-electron chi connectivity index (χ1n) is 4.82. The van der Waals surface area contributed by atoms with Crippen molar-refractivity contribution in [1.29, 1.82) is 0 Å². The van der Waals surface area contributed by atoms with Crippen LogP contribution in [0.4, 0.5) is 8.78 Å². The lowest BCUT2D eigenvalue weighted by Gasteiger charge is -2.08. The maximum absolute atomic E-state index is 13.3. The second kappa shape index (κ2) is 4.45. The molecule has 0 amide bonds. The smallest absolute Gasteiger partial charge is 0.132 e. The van der Waals surface area contributed by atoms with Crippen molar-refractivity contribution in [2.45, 2.75) is 12.5 Å². The molecule has 1 atom stereocenters. The third-order valence-electron chi connectivity index (χ3n) is 2.29. The molecular weight excluding hydrogens is 214 g/mol. The van der Waals surface area contributed by atoms with Gasteiger partial charge in [-0.15, -0.1) is 0 Å². The molecule has 0 bridgehead atoms. The van der Waals surface area contributed by atoms with E-state index >= 15 is 0 Å². The Morgan fingerprint density at radius 3 is 2.75 bits per heavy atom. The zero-order valence-electron chi connectivity index (χ0n) is 8.36. The topological polar surface area (TPSA) is 33.4 Å². The Kier molecular flexibility index (Phi) is 3.01. The average molecular weight is 224 g/mol. The summed E-state index contributed by atoms with van der Waals surface area (Å²) in [5.41, 5.74) is 0.129. The lowest BCUT2D eigenvalue weighted by molar-refractivity contribution is 0.149. The van der Waals surface area contributed by atoms with Gasteiger partial charge in [0.05, 0.1) is 6.26 Å². The molecule has 4 heteroatoms. The maximum Gasteiger partial charge on any atom is 0.132 e. The van der Waals surface area contributed by atoms with Gasteiger partial charge in [0.2, 0.25) is 0 Å². The van der Waals surface area contributed by atoms with Crippen LogP contribution in [-0.2, 0) is 6.42 Å². The first-order valence-corrected chi connectivity index (χ1v) is 4.82. The molecule has 1 aromatic carbocycles. The van der Waals surface area contributed by atoms with Gasteiger partial charge in [0.1, 0.15) is 23.5 Å². The number of aliphatic hydroxyl groups is 1. The fourth-order valence-corrected chi connectivity index (χ4v) is 1.49. The Morgan fingerprint density at radius 2 is 2.06 bits per heavy atom. The molecule has 1 heterocycles. The van der Waals surface area contributed by atoms with E-state index in [1.54, 1.807) is 12.1 Å². The number of halogens is 2. The highest BCUT2D eigenvalue weighted by Crippen LogP contribution is 2.20. The van der Waals surface area contributed by atoms with Crippen molar-refractivity contribution in [2.75, 3.05) is 0 Å². The summed E-state index contributed by atoms with van der Waals surface area (Å²) in [5, 5.41) is 9.70. The lowest BCUT2D eigenvalue weighted by Crippen LogP contribution is -2.02. The average Bonchev–Trinajstić information content (AvgIpc) is 2.76. The van der Waals surface area contributed by atoms with E-state index in [0.29, 0.717) is 5.76 Å². The fourth-order valence-electron chi connectivity index (χ4n) is 1.49. The first-order chi connectivity index (χ1) is 7.66. The van der Waals surface area contributed by atoms with Crippen molar-refractivity contribution in [1.82, 2.24) is 0 Å². The predicted octanol–water partition coefficient (Wildman–Crippen LogP) is 2.83. The van der Waals surface area contributed by atoms with E-state index in [9.17, 15) is 13.9 Å². The van der Waals surface area contributed by atoms with Crippen molar-refractivity contribution < 1.29 is 18.3 Å². The summed E-state index contributed by atoms with van der Waals surface area (Å²) in [5.74, 6) is -0.723. The minimum Gasteiger partial charge on any atom is -0.467 e. The van der Waals surface area contributed by atoms with Crippen molar-refractivity contribution in [3.8, 4) is 0 Å². The minimum atomic E-state index is -0.966. The largest absolute Gasteiger partial charge is 0.467 e. The second-order valence-electron chi connectivity index (χ2n) is 3.47. The monoisotopic (exact) mass is 224 g/mol. The molecule has 2 aromatic rings. The summed E-state index contributed by atoms with van der Waals surface area (Å²) < 4.78 is 31.1. The molecule has 0 spiro atoms. The summed E-state index contributed by atoms with van der Waals surface area (Å²) >= 11 is 0. The van der Waals surface area contributed by atoms with Crippen molar-refractivity contribution in [2.24, 2.45) is 0 Å². The third kappa shape index (κ3) is 2.28. The number of hydrogen-bond acceptors (Lipinski definition) is 2. The van der Waals surface area contributed by atoms with Gasteiger partial charge in [-0.2, -0.15) is 0 Å². The van der Waals surface area contributed by atoms with Crippen LogP contribution in [0.3, 0.4) is 0 Å². The zero-order chi connectivity index (χ0) is 11.5. The van der Waals surface area contributed by atoms with Crippen molar-refractivity contribution in [3.63, 3.8) is 0 Å². The van der Waals surface area contributed by atoms with E-state index in [2.05, 4.69) is 0 Å². The fraction of sp³-hybridized carbons (Fsp3) is 0.167. The lowest BCUT2D eigenvalue weighted by atomic mass is 10.1. The van der Waals surface area contributed by atoms with E-state index in [-0.39, 0.29) is 12.0 Å². The molecule has 0 radical (unpaired) electrons. The molecule has 2 nitrogen and oxygen atoms in total. The molecular formula is C12H10F2O2. The molecule has 1 N–H and O–H groups in total. The number of aliphatic hydroxyl groups excluding tert-OH is 1. The van der Waals surface area contributed by atoms with Gasteiger partial charge in [-0.1, -0.05) is 0 Å². The summed E-state index contributed by atoms with van der Waals surface area (Å²) in [6.07, 6.45) is 0.434. The van der Waals surface area contributed by atoms with Crippen molar-refractivity contribution in [3.05, 3.63) is 59.6 Å². The molecule has 0 aliphatic carbocycles. The van der Waals surface area contributed by atoms with E-state index in [1.165, 1.54) is 6.26 Å². The van der Waals surface area contributed by atoms with E-state index < -0.39 is 17.7 Å². The SMILES string of the molecule is OC(Cc1cc(F)ccc1F)c1ccco1. The quantitative estimate of drug-likeness (QED) is 0.869. The molecule has 0 saturated heterocycles. The van der Waals surface area contributed by atoms with Crippen LogP contribution in [0, 0.1) is 11.6 Å². The predicted molar refractivity (Wildman–Crippen MR) is 53.7 cm³/mol. The van der Waals surface area contributed by atoms with Crippen LogP contribution in [0.15, 0.2) is 41.0 Å². The Morgan fingerprint density at radius 1 is 1.25 bits per heavy atom. The highest BCUT2D eigenvalue weighted by molar-refractivity contribution is 5.20. The van der Waals surface area contributed by atoms with Crippen LogP contribution < -0.4 is 0 Å². The number of hydrogen-bond donors (Lipinski definition) is 1. The summed E-state index contributed by atoms with van der Waals surface area (Å²) in [7, 11) is 0. The van der Waals surface area contributed by atoms with Gasteiger partial charge in [0.25, 0.3) is 0 Å². The van der Waals surface area contributed by atoms with Crippen LogP contribution in [-0.4, -0.2) is 5.11 Å². The molecule has 2 rings (SSSR count). The van der Waals surface area contributed by atoms with Crippen LogP contribution in [0.25, 0.3) is 0 Å². The molecule has 0 aliphatic rings. The molecule has 1 unspecified atom stereocenters. The molecule has 0 saturated carbocycles. The Bertz CT molecular complexity index is 466. The van der Waals surface area contributed by atoms with Gasteiger partial charge >= 0.3 is 0 Å². The number of furan rings is 1. The normalized spacial score (nSPS) is 12.7. The standard InChI is InChI=1S/C12H10F2O2/c13-9-3-4-10(14)8(6-9)7-11(15)12-2-1-5-16-12/h1-6,11,15H,7H2. The minimum absolute atomic E-state index is 0.0168. The Labute approximate surface area is 91.1 Å². The first kappa shape index (κ1) is 10.8. The summed E-state index contributed by atoms with van der Waals surface area (Å²) in [6.45, 7) is 0. The van der Waals surface area contributed by atoms with Gasteiger partial charge in [0, 0.05) is 6.42 Å². The van der Waals surface area contributed by atoms with Gasteiger partial charge in [-0.25, -0.2) is 8.78 Å². The molecule has 84 valence electrons. The molecule has 0 fully saturated rings. The van der Waals surface area contributed by atoms with E-state index in [1.807, 2.05) is 0 Å². The van der Waals surface area contributed by atoms with Crippen LogP contribution >= 0.6 is 0 Å². The molecule has 16 heavy (non-hydrogen) atoms. The van der Waals surface area contributed by atoms with E-state index in [4.69, 9.17) is 4.42 Å². The van der Waals surface area contributed by atoms with Crippen molar-refractivity contribution >= 4 is 0 Å². The van der Waals surface area contributed by atoms with Gasteiger partial charge in [0.15, 0.2) is 0 Å². The molecule has 0 aliphatic heterocycles. The number of benzene rings is 1. The second-order valence-corrected chi connectivity index (χ2v) is 3.47. The van der Waals surface area contributed by atoms with Crippen LogP contribution in [0.2, 0.25) is 0 Å². The highest BCUT2D eigenvalue weighted by atomic mass is 19.1.